The third-order valence-corrected chi connectivity index (χ3v) is 12.7. The number of anilines is 3. The van der Waals surface area contributed by atoms with E-state index >= 15 is 0 Å². The maximum atomic E-state index is 6.37. The summed E-state index contributed by atoms with van der Waals surface area (Å²) in [5, 5.41) is 4.62. The van der Waals surface area contributed by atoms with E-state index in [9.17, 15) is 0 Å². The quantitative estimate of drug-likeness (QED) is 0.169. The fraction of sp³-hybridized carbons (Fsp3) is 0.0526. The number of nitrogens with zero attached hydrogens (tertiary/aromatic N) is 1. The van der Waals surface area contributed by atoms with E-state index in [1.165, 1.54) is 55.3 Å². The normalized spacial score (nSPS) is 13.0. The number of fused-ring (bicyclic) bond motifs is 9. The molecule has 0 bridgehead atoms. The molecule has 0 radical (unpaired) electrons. The fourth-order valence-corrected chi connectivity index (χ4v) is 9.66. The Kier molecular flexibility index (Phi) is 7.58. The van der Waals surface area contributed by atoms with Crippen molar-refractivity contribution in [1.82, 2.24) is 0 Å². The molecule has 0 saturated heterocycles. The van der Waals surface area contributed by atoms with Crippen molar-refractivity contribution in [3.63, 3.8) is 0 Å². The topological polar surface area (TPSA) is 29.5 Å². The highest BCUT2D eigenvalue weighted by molar-refractivity contribution is 6.12. The van der Waals surface area contributed by atoms with Crippen LogP contribution < -0.4 is 4.90 Å². The lowest BCUT2D eigenvalue weighted by Crippen LogP contribution is -2.14. The molecule has 9 aromatic carbocycles. The van der Waals surface area contributed by atoms with E-state index in [0.29, 0.717) is 0 Å². The Bertz CT molecular complexity index is 3440. The smallest absolute Gasteiger partial charge is 0.136 e. The Balaban J connectivity index is 0.939. The maximum absolute atomic E-state index is 6.37. The van der Waals surface area contributed by atoms with Gasteiger partial charge in [0.1, 0.15) is 22.3 Å². The zero-order valence-electron chi connectivity index (χ0n) is 33.3. The lowest BCUT2D eigenvalue weighted by molar-refractivity contribution is 0.658. The molecule has 3 nitrogen and oxygen atoms in total. The molecular weight excluding hydrogens is 731 g/mol. The van der Waals surface area contributed by atoms with Crippen molar-refractivity contribution in [2.45, 2.75) is 19.3 Å². The summed E-state index contributed by atoms with van der Waals surface area (Å²) in [5.41, 5.74) is 19.1. The number of benzene rings is 9. The van der Waals surface area contributed by atoms with Crippen LogP contribution in [0, 0.1) is 0 Å². The van der Waals surface area contributed by atoms with Crippen LogP contribution in [0.1, 0.15) is 25.0 Å². The van der Waals surface area contributed by atoms with Crippen molar-refractivity contribution < 1.29 is 8.83 Å². The van der Waals surface area contributed by atoms with Gasteiger partial charge in [-0.05, 0) is 128 Å². The minimum absolute atomic E-state index is 0.122. The largest absolute Gasteiger partial charge is 0.456 e. The summed E-state index contributed by atoms with van der Waals surface area (Å²) < 4.78 is 12.6. The van der Waals surface area contributed by atoms with Crippen LogP contribution in [-0.2, 0) is 5.41 Å². The lowest BCUT2D eigenvalue weighted by Gasteiger charge is -2.26. The summed E-state index contributed by atoms with van der Waals surface area (Å²) in [4.78, 5) is 2.36. The first-order valence-electron chi connectivity index (χ1n) is 20.7. The molecule has 2 aromatic heterocycles. The van der Waals surface area contributed by atoms with Crippen molar-refractivity contribution in [3.05, 3.63) is 211 Å². The number of furan rings is 2. The third-order valence-electron chi connectivity index (χ3n) is 12.7. The molecule has 1 aliphatic rings. The van der Waals surface area contributed by atoms with Gasteiger partial charge in [0.2, 0.25) is 0 Å². The molecule has 284 valence electrons. The zero-order valence-corrected chi connectivity index (χ0v) is 33.3. The van der Waals surface area contributed by atoms with Gasteiger partial charge in [-0.1, -0.05) is 141 Å². The van der Waals surface area contributed by atoms with Gasteiger partial charge < -0.3 is 13.7 Å². The molecule has 11 aromatic rings. The number of rotatable bonds is 6. The molecule has 0 spiro atoms. The molecule has 0 saturated carbocycles. The van der Waals surface area contributed by atoms with Crippen molar-refractivity contribution >= 4 is 60.9 Å². The summed E-state index contributed by atoms with van der Waals surface area (Å²) in [6.07, 6.45) is 0. The van der Waals surface area contributed by atoms with Gasteiger partial charge in [0, 0.05) is 44.0 Å². The van der Waals surface area contributed by atoms with Gasteiger partial charge in [-0.3, -0.25) is 0 Å². The fourth-order valence-electron chi connectivity index (χ4n) is 9.66. The monoisotopic (exact) mass is 769 g/mol. The summed E-state index contributed by atoms with van der Waals surface area (Å²) >= 11 is 0. The highest BCUT2D eigenvalue weighted by Gasteiger charge is 2.36. The van der Waals surface area contributed by atoms with Gasteiger partial charge in [0.15, 0.2) is 0 Å². The zero-order chi connectivity index (χ0) is 40.0. The van der Waals surface area contributed by atoms with Crippen molar-refractivity contribution in [2.75, 3.05) is 4.90 Å². The summed E-state index contributed by atoms with van der Waals surface area (Å²) in [7, 11) is 0. The molecule has 0 amide bonds. The van der Waals surface area contributed by atoms with Crippen LogP contribution in [0.4, 0.5) is 17.1 Å². The van der Waals surface area contributed by atoms with Crippen LogP contribution >= 0.6 is 0 Å². The Morgan fingerprint density at radius 1 is 0.333 bits per heavy atom. The maximum Gasteiger partial charge on any atom is 0.136 e. The van der Waals surface area contributed by atoms with Crippen molar-refractivity contribution in [1.29, 1.82) is 0 Å². The first-order chi connectivity index (χ1) is 29.5. The Morgan fingerprint density at radius 2 is 0.900 bits per heavy atom. The number of hydrogen-bond acceptors (Lipinski definition) is 3. The average molecular weight is 770 g/mol. The molecule has 2 heterocycles. The Labute approximate surface area is 348 Å². The third kappa shape index (κ3) is 5.36. The van der Waals surface area contributed by atoms with Crippen molar-refractivity contribution in [2.24, 2.45) is 0 Å². The van der Waals surface area contributed by atoms with Crippen LogP contribution in [0.2, 0.25) is 0 Å². The minimum Gasteiger partial charge on any atom is -0.456 e. The van der Waals surface area contributed by atoms with Gasteiger partial charge in [0.05, 0.1) is 0 Å². The summed E-state index contributed by atoms with van der Waals surface area (Å²) in [6.45, 7) is 4.68. The second kappa shape index (κ2) is 13.2. The number of hydrogen-bond donors (Lipinski definition) is 0. The van der Waals surface area contributed by atoms with E-state index in [2.05, 4.69) is 201 Å². The highest BCUT2D eigenvalue weighted by atomic mass is 16.3. The molecule has 0 aliphatic heterocycles. The molecule has 60 heavy (non-hydrogen) atoms. The summed E-state index contributed by atoms with van der Waals surface area (Å²) in [6, 6.07) is 71.9. The number of para-hydroxylation sites is 2. The summed E-state index contributed by atoms with van der Waals surface area (Å²) in [5.74, 6) is 0. The predicted octanol–water partition coefficient (Wildman–Crippen LogP) is 16.3. The second-order valence-corrected chi connectivity index (χ2v) is 16.5. The molecule has 1 aliphatic carbocycles. The minimum atomic E-state index is -0.122. The predicted molar refractivity (Wildman–Crippen MR) is 250 cm³/mol. The van der Waals surface area contributed by atoms with Gasteiger partial charge >= 0.3 is 0 Å². The van der Waals surface area contributed by atoms with Crippen LogP contribution in [0.15, 0.2) is 209 Å². The molecule has 0 fully saturated rings. The molecule has 0 unspecified atom stereocenters. The van der Waals surface area contributed by atoms with Gasteiger partial charge in [-0.2, -0.15) is 0 Å². The Morgan fingerprint density at radius 3 is 1.68 bits per heavy atom. The van der Waals surface area contributed by atoms with E-state index in [1.807, 2.05) is 18.2 Å². The molecule has 12 rings (SSSR count). The van der Waals surface area contributed by atoms with Crippen LogP contribution in [0.3, 0.4) is 0 Å². The van der Waals surface area contributed by atoms with Gasteiger partial charge in [-0.25, -0.2) is 0 Å². The van der Waals surface area contributed by atoms with Crippen LogP contribution in [0.5, 0.6) is 0 Å². The van der Waals surface area contributed by atoms with Crippen molar-refractivity contribution in [3.8, 4) is 44.5 Å². The molecular formula is C57H39NO2. The van der Waals surface area contributed by atoms with Crippen LogP contribution in [0.25, 0.3) is 88.4 Å². The van der Waals surface area contributed by atoms with E-state index < -0.39 is 0 Å². The first kappa shape index (κ1) is 34.4. The standard InChI is InChI=1S/C57H39NO2/c1-57(2)50-31-26-40(33-47(50)48-35-55-49(34-51(48)57)45-16-6-8-19-52(45)60-55)37-22-27-41(28-23-37)58(43-15-10-14-39(32-43)36-12-4-3-5-13-36)42-29-24-38(25-30-42)44-18-11-21-54-56(44)46-17-7-9-20-53(46)59-54/h3-35H,1-2H3. The van der Waals surface area contributed by atoms with Gasteiger partial charge in [-0.15, -0.1) is 0 Å². The van der Waals surface area contributed by atoms with Crippen LogP contribution in [-0.4, -0.2) is 0 Å². The SMILES string of the molecule is CC1(C)c2ccc(-c3ccc(N(c4ccc(-c5cccc6oc7ccccc7c56)cc4)c4cccc(-c5ccccc5)c4)cc3)cc2-c2cc3oc4ccccc4c3cc21. The van der Waals surface area contributed by atoms with E-state index in [1.54, 1.807) is 0 Å². The lowest BCUT2D eigenvalue weighted by atomic mass is 9.82. The van der Waals surface area contributed by atoms with E-state index in [4.69, 9.17) is 8.83 Å². The average Bonchev–Trinajstić information content (AvgIpc) is 3.94. The molecule has 3 heteroatoms. The Hall–Kier alpha value is -7.62. The molecule has 0 N–H and O–H groups in total. The van der Waals surface area contributed by atoms with E-state index in [0.717, 1.165) is 61.3 Å². The first-order valence-corrected chi connectivity index (χ1v) is 20.7. The van der Waals surface area contributed by atoms with Gasteiger partial charge in [0.25, 0.3) is 0 Å². The van der Waals surface area contributed by atoms with E-state index in [-0.39, 0.29) is 5.41 Å². The molecule has 0 atom stereocenters. The highest BCUT2D eigenvalue weighted by Crippen LogP contribution is 2.52. The second-order valence-electron chi connectivity index (χ2n) is 16.5.